The highest BCUT2D eigenvalue weighted by molar-refractivity contribution is 9.10. The van der Waals surface area contributed by atoms with Gasteiger partial charge in [0.05, 0.1) is 10.7 Å². The predicted molar refractivity (Wildman–Crippen MR) is 76.4 cm³/mol. The maximum absolute atomic E-state index is 4.58. The van der Waals surface area contributed by atoms with Crippen molar-refractivity contribution in [3.05, 3.63) is 16.9 Å². The summed E-state index contributed by atoms with van der Waals surface area (Å²) in [5.41, 5.74) is 2.08. The van der Waals surface area contributed by atoms with E-state index in [1.165, 1.54) is 0 Å². The minimum Gasteiger partial charge on any atom is -0.299 e. The average molecular weight is 303 g/mol. The third-order valence-corrected chi connectivity index (χ3v) is 10.7. The van der Waals surface area contributed by atoms with Crippen LogP contribution in [-0.4, -0.2) is 17.7 Å². The van der Waals surface area contributed by atoms with Gasteiger partial charge in [0.25, 0.3) is 0 Å². The molecule has 16 heavy (non-hydrogen) atoms. The molecule has 2 nitrogen and oxygen atoms in total. The Hall–Kier alpha value is -0.0931. The van der Waals surface area contributed by atoms with Crippen LogP contribution in [0.4, 0.5) is 0 Å². The standard InChI is InChI=1S/C12H23BrN2Si/c1-9(2)16(10(3)4,11(5)6)15-8-12(13)7-14-15/h7-11H,1-6H3. The van der Waals surface area contributed by atoms with E-state index in [0.717, 1.165) is 4.47 Å². The van der Waals surface area contributed by atoms with Crippen LogP contribution in [0.2, 0.25) is 16.6 Å². The summed E-state index contributed by atoms with van der Waals surface area (Å²) in [5.74, 6) is 0. The van der Waals surface area contributed by atoms with E-state index in [-0.39, 0.29) is 0 Å². The fourth-order valence-electron chi connectivity index (χ4n) is 3.31. The molecular weight excluding hydrogens is 280 g/mol. The highest BCUT2D eigenvalue weighted by Gasteiger charge is 2.46. The molecule has 0 unspecified atom stereocenters. The number of hydrogen-bond donors (Lipinski definition) is 0. The van der Waals surface area contributed by atoms with Crippen molar-refractivity contribution >= 4 is 24.2 Å². The molecule has 0 N–H and O–H groups in total. The summed E-state index contributed by atoms with van der Waals surface area (Å²) in [6.45, 7) is 14.1. The summed E-state index contributed by atoms with van der Waals surface area (Å²) in [7, 11) is -1.61. The van der Waals surface area contributed by atoms with Crippen LogP contribution in [0.1, 0.15) is 41.5 Å². The summed E-state index contributed by atoms with van der Waals surface area (Å²) < 4.78 is 3.38. The van der Waals surface area contributed by atoms with Gasteiger partial charge in [0.1, 0.15) is 0 Å². The van der Waals surface area contributed by atoms with Crippen LogP contribution in [0.5, 0.6) is 0 Å². The van der Waals surface area contributed by atoms with Gasteiger partial charge in [0, 0.05) is 6.20 Å². The Kier molecular flexibility index (Phi) is 4.40. The molecule has 0 atom stereocenters. The van der Waals surface area contributed by atoms with Crippen LogP contribution in [0.15, 0.2) is 16.9 Å². The van der Waals surface area contributed by atoms with E-state index >= 15 is 0 Å². The highest BCUT2D eigenvalue weighted by Crippen LogP contribution is 2.42. The molecule has 1 aromatic rings. The van der Waals surface area contributed by atoms with Gasteiger partial charge in [-0.2, -0.15) is 5.10 Å². The topological polar surface area (TPSA) is 17.8 Å². The number of nitrogens with zero attached hydrogens (tertiary/aromatic N) is 2. The highest BCUT2D eigenvalue weighted by atomic mass is 79.9. The van der Waals surface area contributed by atoms with Crippen molar-refractivity contribution in [3.8, 4) is 0 Å². The molecule has 0 amide bonds. The Balaban J connectivity index is 3.33. The number of halogens is 1. The van der Waals surface area contributed by atoms with Crippen LogP contribution in [0.25, 0.3) is 0 Å². The van der Waals surface area contributed by atoms with Crippen LogP contribution < -0.4 is 0 Å². The Bertz CT molecular complexity index is 323. The molecule has 0 saturated heterocycles. The molecule has 4 heteroatoms. The zero-order valence-corrected chi connectivity index (χ0v) is 13.7. The van der Waals surface area contributed by atoms with Gasteiger partial charge < -0.3 is 0 Å². The summed E-state index contributed by atoms with van der Waals surface area (Å²) in [6, 6.07) is 0. The van der Waals surface area contributed by atoms with Gasteiger partial charge in [-0.3, -0.25) is 4.35 Å². The molecule has 0 aliphatic rings. The molecule has 1 rings (SSSR count). The van der Waals surface area contributed by atoms with Crippen molar-refractivity contribution in [2.45, 2.75) is 58.2 Å². The largest absolute Gasteiger partial charge is 0.299 e. The van der Waals surface area contributed by atoms with Gasteiger partial charge in [-0.05, 0) is 32.6 Å². The lowest BCUT2D eigenvalue weighted by molar-refractivity contribution is 0.725. The molecule has 0 aromatic carbocycles. The smallest absolute Gasteiger partial charge is 0.192 e. The summed E-state index contributed by atoms with van der Waals surface area (Å²) in [5, 5.41) is 4.58. The third kappa shape index (κ3) is 2.14. The molecule has 1 heterocycles. The monoisotopic (exact) mass is 302 g/mol. The zero-order chi connectivity index (χ0) is 12.5. The van der Waals surface area contributed by atoms with Gasteiger partial charge in [0.15, 0.2) is 8.24 Å². The Morgan fingerprint density at radius 2 is 1.50 bits per heavy atom. The molecule has 0 spiro atoms. The number of aromatic nitrogens is 2. The summed E-state index contributed by atoms with van der Waals surface area (Å²) >= 11 is 3.51. The van der Waals surface area contributed by atoms with Crippen molar-refractivity contribution < 1.29 is 0 Å². The molecule has 0 radical (unpaired) electrons. The van der Waals surface area contributed by atoms with E-state index in [1.54, 1.807) is 0 Å². The molecule has 92 valence electrons. The van der Waals surface area contributed by atoms with E-state index in [2.05, 4.69) is 73.1 Å². The lowest BCUT2D eigenvalue weighted by Gasteiger charge is -2.42. The van der Waals surface area contributed by atoms with Crippen LogP contribution >= 0.6 is 15.9 Å². The Labute approximate surface area is 109 Å². The van der Waals surface area contributed by atoms with Gasteiger partial charge in [-0.15, -0.1) is 0 Å². The maximum atomic E-state index is 4.58. The van der Waals surface area contributed by atoms with Crippen molar-refractivity contribution in [2.24, 2.45) is 0 Å². The van der Waals surface area contributed by atoms with E-state index in [0.29, 0.717) is 16.6 Å². The SMILES string of the molecule is CC(C)[Si](C(C)C)(C(C)C)n1cc(Br)cn1. The van der Waals surface area contributed by atoms with E-state index in [1.807, 2.05) is 6.20 Å². The Morgan fingerprint density at radius 1 is 1.06 bits per heavy atom. The van der Waals surface area contributed by atoms with Crippen LogP contribution in [0.3, 0.4) is 0 Å². The van der Waals surface area contributed by atoms with Gasteiger partial charge in [-0.25, -0.2) is 0 Å². The first-order valence-corrected chi connectivity index (χ1v) is 9.01. The van der Waals surface area contributed by atoms with E-state index < -0.39 is 8.24 Å². The second kappa shape index (κ2) is 5.04. The summed E-state index contributed by atoms with van der Waals surface area (Å²) in [4.78, 5) is 0. The molecule has 0 bridgehead atoms. The first-order chi connectivity index (χ1) is 7.33. The van der Waals surface area contributed by atoms with Gasteiger partial charge in [0.2, 0.25) is 0 Å². The molecule has 0 aliphatic heterocycles. The molecule has 0 fully saturated rings. The number of rotatable bonds is 4. The quantitative estimate of drug-likeness (QED) is 0.739. The van der Waals surface area contributed by atoms with Gasteiger partial charge >= 0.3 is 0 Å². The summed E-state index contributed by atoms with van der Waals surface area (Å²) in [6.07, 6.45) is 4.07. The van der Waals surface area contributed by atoms with Gasteiger partial charge in [-0.1, -0.05) is 41.5 Å². The second-order valence-electron chi connectivity index (χ2n) is 5.45. The first kappa shape index (κ1) is 14.0. The third-order valence-electron chi connectivity index (χ3n) is 3.72. The van der Waals surface area contributed by atoms with Crippen LogP contribution in [0, 0.1) is 0 Å². The molecule has 1 aromatic heterocycles. The predicted octanol–water partition coefficient (Wildman–Crippen LogP) is 4.67. The maximum Gasteiger partial charge on any atom is 0.192 e. The number of hydrogen-bond acceptors (Lipinski definition) is 1. The zero-order valence-electron chi connectivity index (χ0n) is 11.2. The lowest BCUT2D eigenvalue weighted by Crippen LogP contribution is -2.52. The van der Waals surface area contributed by atoms with Crippen molar-refractivity contribution in [3.63, 3.8) is 0 Å². The fourth-order valence-corrected chi connectivity index (χ4v) is 9.99. The van der Waals surface area contributed by atoms with E-state index in [4.69, 9.17) is 0 Å². The lowest BCUT2D eigenvalue weighted by atomic mass is 10.5. The molecular formula is C12H23BrN2Si. The second-order valence-corrected chi connectivity index (χ2v) is 12.1. The fraction of sp³-hybridized carbons (Fsp3) is 0.750. The minimum atomic E-state index is -1.61. The molecule has 0 saturated carbocycles. The van der Waals surface area contributed by atoms with Crippen LogP contribution in [-0.2, 0) is 0 Å². The first-order valence-electron chi connectivity index (χ1n) is 6.04. The average Bonchev–Trinajstić information content (AvgIpc) is 2.50. The van der Waals surface area contributed by atoms with Crippen molar-refractivity contribution in [2.75, 3.05) is 0 Å². The normalized spacial score (nSPS) is 13.1. The minimum absolute atomic E-state index is 0.694. The Morgan fingerprint density at radius 3 is 1.75 bits per heavy atom. The molecule has 0 aliphatic carbocycles. The van der Waals surface area contributed by atoms with E-state index in [9.17, 15) is 0 Å². The van der Waals surface area contributed by atoms with Crippen molar-refractivity contribution in [1.82, 2.24) is 9.45 Å². The van der Waals surface area contributed by atoms with Crippen molar-refractivity contribution in [1.29, 1.82) is 0 Å².